The summed E-state index contributed by atoms with van der Waals surface area (Å²) in [4.78, 5) is 4.32. The van der Waals surface area contributed by atoms with Crippen molar-refractivity contribution in [2.24, 2.45) is 5.73 Å². The molecule has 0 aromatic carbocycles. The lowest BCUT2D eigenvalue weighted by Crippen LogP contribution is -2.33. The van der Waals surface area contributed by atoms with Gasteiger partial charge in [0.15, 0.2) is 0 Å². The van der Waals surface area contributed by atoms with Gasteiger partial charge in [0.05, 0.1) is 17.4 Å². The summed E-state index contributed by atoms with van der Waals surface area (Å²) in [7, 11) is 0. The van der Waals surface area contributed by atoms with Crippen molar-refractivity contribution in [3.63, 3.8) is 0 Å². The van der Waals surface area contributed by atoms with Gasteiger partial charge in [-0.25, -0.2) is 0 Å². The van der Waals surface area contributed by atoms with Gasteiger partial charge in [-0.2, -0.15) is 0 Å². The summed E-state index contributed by atoms with van der Waals surface area (Å²) >= 11 is 0. The molecule has 0 saturated carbocycles. The number of hydrogen-bond acceptors (Lipinski definition) is 3. The average molecular weight is 239 g/mol. The summed E-state index contributed by atoms with van der Waals surface area (Å²) in [5, 5.41) is 3.36. The number of hydrogen-bond donors (Lipinski definition) is 2. The largest absolute Gasteiger partial charge is 0.400 e. The summed E-state index contributed by atoms with van der Waals surface area (Å²) in [5.41, 5.74) is 8.71. The minimum atomic E-state index is 0.0169. The number of nitrogens with two attached hydrogens (primary N) is 1. The first-order valence-corrected chi connectivity index (χ1v) is 5.96. The van der Waals surface area contributed by atoms with Crippen LogP contribution in [0.2, 0.25) is 0 Å². The summed E-state index contributed by atoms with van der Waals surface area (Å²) in [6.07, 6.45) is 13.6. The van der Waals surface area contributed by atoms with Crippen molar-refractivity contribution in [1.82, 2.24) is 10.3 Å². The van der Waals surface area contributed by atoms with Crippen LogP contribution in [-0.2, 0) is 0 Å². The number of allylic oxidation sites excluding steroid dienone is 5. The highest BCUT2D eigenvalue weighted by molar-refractivity contribution is 5.65. The molecule has 0 amide bonds. The highest BCUT2D eigenvalue weighted by atomic mass is 15.0. The third-order valence-corrected chi connectivity index (χ3v) is 2.66. The molecule has 3 N–H and O–H groups in total. The molecular formula is C15H17N3. The molecule has 92 valence electrons. The maximum Gasteiger partial charge on any atom is 0.0861 e. The number of pyridine rings is 1. The molecule has 0 bridgehead atoms. The zero-order chi connectivity index (χ0) is 12.8. The molecule has 0 aliphatic carbocycles. The maximum atomic E-state index is 6.02. The predicted molar refractivity (Wildman–Crippen MR) is 75.4 cm³/mol. The fourth-order valence-electron chi connectivity index (χ4n) is 1.71. The van der Waals surface area contributed by atoms with E-state index in [1.165, 1.54) is 0 Å². The van der Waals surface area contributed by atoms with Gasteiger partial charge in [0, 0.05) is 11.9 Å². The minimum absolute atomic E-state index is 0.0169. The molecule has 0 radical (unpaired) electrons. The summed E-state index contributed by atoms with van der Waals surface area (Å²) < 4.78 is 0. The first-order valence-electron chi connectivity index (χ1n) is 5.96. The van der Waals surface area contributed by atoms with Crippen LogP contribution in [0.3, 0.4) is 0 Å². The SMILES string of the molecule is C/C=C\C=C(/N)[C@H]1C=CC=C(c2ccccn2)N1. The van der Waals surface area contributed by atoms with E-state index in [-0.39, 0.29) is 6.04 Å². The Balaban J connectivity index is 2.15. The molecule has 18 heavy (non-hydrogen) atoms. The first-order chi connectivity index (χ1) is 8.81. The molecule has 0 fully saturated rings. The second-order valence-electron chi connectivity index (χ2n) is 3.99. The molecule has 1 aliphatic rings. The fraction of sp³-hybridized carbons (Fsp3) is 0.133. The molecule has 2 heterocycles. The quantitative estimate of drug-likeness (QED) is 0.796. The highest BCUT2D eigenvalue weighted by Gasteiger charge is 2.13. The van der Waals surface area contributed by atoms with E-state index in [0.717, 1.165) is 17.1 Å². The molecular weight excluding hydrogens is 222 g/mol. The average Bonchev–Trinajstić information content (AvgIpc) is 2.46. The van der Waals surface area contributed by atoms with Gasteiger partial charge in [0.1, 0.15) is 0 Å². The van der Waals surface area contributed by atoms with Gasteiger partial charge in [-0.1, -0.05) is 30.4 Å². The van der Waals surface area contributed by atoms with Crippen molar-refractivity contribution < 1.29 is 0 Å². The van der Waals surface area contributed by atoms with Crippen molar-refractivity contribution in [1.29, 1.82) is 0 Å². The molecule has 1 aliphatic heterocycles. The number of dihydropyridines is 1. The normalized spacial score (nSPS) is 19.7. The van der Waals surface area contributed by atoms with E-state index < -0.39 is 0 Å². The van der Waals surface area contributed by atoms with Gasteiger partial charge in [-0.15, -0.1) is 0 Å². The Kier molecular flexibility index (Phi) is 3.97. The number of nitrogens with zero attached hydrogens (tertiary/aromatic N) is 1. The van der Waals surface area contributed by atoms with E-state index >= 15 is 0 Å². The first kappa shape index (κ1) is 12.2. The Morgan fingerprint density at radius 1 is 1.44 bits per heavy atom. The van der Waals surface area contributed by atoms with Gasteiger partial charge in [0.25, 0.3) is 0 Å². The second-order valence-corrected chi connectivity index (χ2v) is 3.99. The molecule has 2 rings (SSSR count). The Hall–Kier alpha value is -2.29. The minimum Gasteiger partial charge on any atom is -0.400 e. The van der Waals surface area contributed by atoms with Gasteiger partial charge in [0.2, 0.25) is 0 Å². The fourth-order valence-corrected chi connectivity index (χ4v) is 1.71. The van der Waals surface area contributed by atoms with Crippen LogP contribution in [0.4, 0.5) is 0 Å². The summed E-state index contributed by atoms with van der Waals surface area (Å²) in [6, 6.07) is 5.86. The zero-order valence-corrected chi connectivity index (χ0v) is 10.4. The van der Waals surface area contributed by atoms with E-state index in [0.29, 0.717) is 0 Å². The van der Waals surface area contributed by atoms with Crippen LogP contribution in [0, 0.1) is 0 Å². The lowest BCUT2D eigenvalue weighted by atomic mass is 10.1. The molecule has 3 nitrogen and oxygen atoms in total. The van der Waals surface area contributed by atoms with Crippen molar-refractivity contribution in [2.75, 3.05) is 0 Å². The smallest absolute Gasteiger partial charge is 0.0861 e. The summed E-state index contributed by atoms with van der Waals surface area (Å²) in [5.74, 6) is 0. The molecule has 0 unspecified atom stereocenters. The predicted octanol–water partition coefficient (Wildman–Crippen LogP) is 2.37. The van der Waals surface area contributed by atoms with E-state index in [1.54, 1.807) is 6.20 Å². The van der Waals surface area contributed by atoms with E-state index in [2.05, 4.69) is 10.3 Å². The topological polar surface area (TPSA) is 50.9 Å². The van der Waals surface area contributed by atoms with Crippen LogP contribution in [0.1, 0.15) is 12.6 Å². The van der Waals surface area contributed by atoms with E-state index in [9.17, 15) is 0 Å². The Bertz CT molecular complexity index is 510. The van der Waals surface area contributed by atoms with E-state index in [4.69, 9.17) is 5.73 Å². The van der Waals surface area contributed by atoms with Crippen LogP contribution in [-0.4, -0.2) is 11.0 Å². The van der Waals surface area contributed by atoms with Crippen LogP contribution >= 0.6 is 0 Å². The van der Waals surface area contributed by atoms with Gasteiger partial charge < -0.3 is 11.1 Å². The van der Waals surface area contributed by atoms with Crippen LogP contribution in [0.15, 0.2) is 66.5 Å². The standard InChI is InChI=1S/C15H17N3/c1-2-3-7-12(16)13-9-6-10-15(18-13)14-8-4-5-11-17-14/h2-11,13,18H,16H2,1H3/b3-2-,12-7-/t13-/m1/s1. The lowest BCUT2D eigenvalue weighted by molar-refractivity contribution is 0.788. The molecule has 1 aromatic rings. The molecule has 0 saturated heterocycles. The van der Waals surface area contributed by atoms with Crippen molar-refractivity contribution in [3.8, 4) is 0 Å². The maximum absolute atomic E-state index is 6.02. The van der Waals surface area contributed by atoms with Crippen molar-refractivity contribution in [2.45, 2.75) is 13.0 Å². The van der Waals surface area contributed by atoms with Crippen LogP contribution in [0.25, 0.3) is 5.70 Å². The highest BCUT2D eigenvalue weighted by Crippen LogP contribution is 2.15. The van der Waals surface area contributed by atoms with Crippen molar-refractivity contribution in [3.05, 3.63) is 72.2 Å². The molecule has 0 spiro atoms. The lowest BCUT2D eigenvalue weighted by Gasteiger charge is -2.21. The third-order valence-electron chi connectivity index (χ3n) is 2.66. The van der Waals surface area contributed by atoms with Crippen LogP contribution < -0.4 is 11.1 Å². The Morgan fingerprint density at radius 2 is 2.33 bits per heavy atom. The van der Waals surface area contributed by atoms with Gasteiger partial charge >= 0.3 is 0 Å². The summed E-state index contributed by atoms with van der Waals surface area (Å²) in [6.45, 7) is 1.97. The molecule has 3 heteroatoms. The second kappa shape index (κ2) is 5.87. The van der Waals surface area contributed by atoms with Crippen molar-refractivity contribution >= 4 is 5.70 Å². The number of rotatable bonds is 3. The van der Waals surface area contributed by atoms with Crippen LogP contribution in [0.5, 0.6) is 0 Å². The number of nitrogens with one attached hydrogen (secondary N) is 1. The van der Waals surface area contributed by atoms with Gasteiger partial charge in [-0.05, 0) is 31.2 Å². The van der Waals surface area contributed by atoms with E-state index in [1.807, 2.05) is 61.6 Å². The number of aromatic nitrogens is 1. The molecule has 1 atom stereocenters. The molecule has 1 aromatic heterocycles. The monoisotopic (exact) mass is 239 g/mol. The Labute approximate surface area is 107 Å². The third kappa shape index (κ3) is 2.88. The zero-order valence-electron chi connectivity index (χ0n) is 10.4. The Morgan fingerprint density at radius 3 is 3.06 bits per heavy atom. The van der Waals surface area contributed by atoms with Gasteiger partial charge in [-0.3, -0.25) is 4.98 Å².